The Balaban J connectivity index is 1.60. The number of anilines is 1. The molecule has 2 aromatic heterocycles. The van der Waals surface area contributed by atoms with E-state index in [0.717, 1.165) is 16.6 Å². The number of nitrogens with one attached hydrogen (secondary N) is 1. The molecule has 0 aliphatic heterocycles. The predicted octanol–water partition coefficient (Wildman–Crippen LogP) is 5.15. The number of benzene rings is 2. The molecule has 1 N–H and O–H groups in total. The van der Waals surface area contributed by atoms with E-state index in [1.165, 1.54) is 0 Å². The van der Waals surface area contributed by atoms with Crippen LogP contribution in [0.1, 0.15) is 10.4 Å². The standard InChI is InChI=1S/C22H18ClN3O2/c1-26-11-9-14-12-16(6-8-19(14)26)25-22(27)15-5-7-17(18(23)13-15)21-20(28-2)4-3-10-24-21/h3-13H,1-2H3,(H,25,27). The molecule has 0 saturated heterocycles. The first-order valence-electron chi connectivity index (χ1n) is 8.72. The van der Waals surface area contributed by atoms with Gasteiger partial charge in [-0.25, -0.2) is 0 Å². The van der Waals surface area contributed by atoms with E-state index in [2.05, 4.69) is 10.3 Å². The Bertz CT molecular complexity index is 1180. The van der Waals surface area contributed by atoms with Crippen LogP contribution in [0.5, 0.6) is 5.75 Å². The fourth-order valence-corrected chi connectivity index (χ4v) is 3.44. The number of rotatable bonds is 4. The number of amides is 1. The quantitative estimate of drug-likeness (QED) is 0.523. The fourth-order valence-electron chi connectivity index (χ4n) is 3.17. The average molecular weight is 392 g/mol. The normalized spacial score (nSPS) is 10.8. The third-order valence-electron chi connectivity index (χ3n) is 4.62. The zero-order chi connectivity index (χ0) is 19.7. The van der Waals surface area contributed by atoms with Gasteiger partial charge >= 0.3 is 0 Å². The van der Waals surface area contributed by atoms with Crippen molar-refractivity contribution in [1.82, 2.24) is 9.55 Å². The van der Waals surface area contributed by atoms with Crippen molar-refractivity contribution in [2.24, 2.45) is 7.05 Å². The van der Waals surface area contributed by atoms with E-state index in [0.29, 0.717) is 27.6 Å². The molecule has 0 aliphatic carbocycles. The molecule has 0 spiro atoms. The molecule has 4 rings (SSSR count). The Hall–Kier alpha value is -3.31. The Labute approximate surface area is 167 Å². The number of carbonyl (C=O) groups excluding carboxylic acids is 1. The fraction of sp³-hybridized carbons (Fsp3) is 0.0909. The second-order valence-corrected chi connectivity index (χ2v) is 6.81. The first-order chi connectivity index (χ1) is 13.6. The minimum Gasteiger partial charge on any atom is -0.494 e. The van der Waals surface area contributed by atoms with Gasteiger partial charge in [0.15, 0.2) is 0 Å². The van der Waals surface area contributed by atoms with Crippen LogP contribution in [0.15, 0.2) is 67.0 Å². The second-order valence-electron chi connectivity index (χ2n) is 6.40. The zero-order valence-electron chi connectivity index (χ0n) is 15.4. The molecule has 1 amide bonds. The smallest absolute Gasteiger partial charge is 0.255 e. The lowest BCUT2D eigenvalue weighted by Gasteiger charge is -2.11. The van der Waals surface area contributed by atoms with Crippen molar-refractivity contribution in [3.8, 4) is 17.0 Å². The molecule has 5 nitrogen and oxygen atoms in total. The summed E-state index contributed by atoms with van der Waals surface area (Å²) in [5, 5.41) is 4.42. The van der Waals surface area contributed by atoms with Gasteiger partial charge in [-0.15, -0.1) is 0 Å². The third-order valence-corrected chi connectivity index (χ3v) is 4.93. The lowest BCUT2D eigenvalue weighted by Crippen LogP contribution is -2.11. The third kappa shape index (κ3) is 3.32. The van der Waals surface area contributed by atoms with Gasteiger partial charge < -0.3 is 14.6 Å². The summed E-state index contributed by atoms with van der Waals surface area (Å²) in [5.41, 5.74) is 3.65. The van der Waals surface area contributed by atoms with E-state index in [4.69, 9.17) is 16.3 Å². The van der Waals surface area contributed by atoms with Crippen molar-refractivity contribution in [2.75, 3.05) is 12.4 Å². The number of aromatic nitrogens is 2. The number of pyridine rings is 1. The van der Waals surface area contributed by atoms with Crippen molar-refractivity contribution in [2.45, 2.75) is 0 Å². The molecule has 2 heterocycles. The van der Waals surface area contributed by atoms with Gasteiger partial charge in [-0.3, -0.25) is 9.78 Å². The average Bonchev–Trinajstić information content (AvgIpc) is 3.08. The molecule has 4 aromatic rings. The van der Waals surface area contributed by atoms with Crippen LogP contribution in [0.2, 0.25) is 5.02 Å². The topological polar surface area (TPSA) is 56.1 Å². The number of halogens is 1. The molecular weight excluding hydrogens is 374 g/mol. The number of ether oxygens (including phenoxy) is 1. The SMILES string of the molecule is COc1cccnc1-c1ccc(C(=O)Nc2ccc3c(ccn3C)c2)cc1Cl. The molecule has 0 saturated carbocycles. The van der Waals surface area contributed by atoms with E-state index < -0.39 is 0 Å². The summed E-state index contributed by atoms with van der Waals surface area (Å²) < 4.78 is 7.38. The van der Waals surface area contributed by atoms with Crippen molar-refractivity contribution in [3.63, 3.8) is 0 Å². The summed E-state index contributed by atoms with van der Waals surface area (Å²) in [6.45, 7) is 0. The summed E-state index contributed by atoms with van der Waals surface area (Å²) in [6, 6.07) is 16.6. The number of carbonyl (C=O) groups is 1. The molecule has 0 radical (unpaired) electrons. The van der Waals surface area contributed by atoms with Gasteiger partial charge in [-0.2, -0.15) is 0 Å². The van der Waals surface area contributed by atoms with Gasteiger partial charge in [0.05, 0.1) is 12.1 Å². The monoisotopic (exact) mass is 391 g/mol. The predicted molar refractivity (Wildman–Crippen MR) is 112 cm³/mol. The van der Waals surface area contributed by atoms with E-state index in [9.17, 15) is 4.79 Å². The Morgan fingerprint density at radius 3 is 2.79 bits per heavy atom. The van der Waals surface area contributed by atoms with Crippen molar-refractivity contribution >= 4 is 34.1 Å². The minimum atomic E-state index is -0.225. The maximum Gasteiger partial charge on any atom is 0.255 e. The molecule has 0 atom stereocenters. The molecule has 0 fully saturated rings. The van der Waals surface area contributed by atoms with E-state index in [1.54, 1.807) is 37.6 Å². The number of nitrogens with zero attached hydrogens (tertiary/aromatic N) is 2. The first-order valence-corrected chi connectivity index (χ1v) is 9.10. The second kappa shape index (κ2) is 7.37. The number of hydrogen-bond acceptors (Lipinski definition) is 3. The maximum absolute atomic E-state index is 12.7. The van der Waals surface area contributed by atoms with E-state index in [1.807, 2.05) is 48.1 Å². The molecule has 2 aromatic carbocycles. The first kappa shape index (κ1) is 18.1. The van der Waals surface area contributed by atoms with Gasteiger partial charge in [0, 0.05) is 47.2 Å². The van der Waals surface area contributed by atoms with Crippen LogP contribution in [0.4, 0.5) is 5.69 Å². The number of fused-ring (bicyclic) bond motifs is 1. The zero-order valence-corrected chi connectivity index (χ0v) is 16.2. The maximum atomic E-state index is 12.7. The van der Waals surface area contributed by atoms with Gasteiger partial charge in [0.25, 0.3) is 5.91 Å². The summed E-state index contributed by atoms with van der Waals surface area (Å²) in [4.78, 5) is 17.0. The molecule has 6 heteroatoms. The van der Waals surface area contributed by atoms with Crippen LogP contribution >= 0.6 is 11.6 Å². The van der Waals surface area contributed by atoms with Gasteiger partial charge in [0.2, 0.25) is 0 Å². The Morgan fingerprint density at radius 2 is 2.00 bits per heavy atom. The summed E-state index contributed by atoms with van der Waals surface area (Å²) in [6.07, 6.45) is 3.66. The molecule has 0 unspecified atom stereocenters. The Kier molecular flexibility index (Phi) is 4.75. The number of aryl methyl sites for hydroxylation is 1. The van der Waals surface area contributed by atoms with E-state index in [-0.39, 0.29) is 5.91 Å². The van der Waals surface area contributed by atoms with Crippen molar-refractivity contribution in [1.29, 1.82) is 0 Å². The van der Waals surface area contributed by atoms with Crippen LogP contribution in [0.3, 0.4) is 0 Å². The van der Waals surface area contributed by atoms with Gasteiger partial charge in [0.1, 0.15) is 11.4 Å². The highest BCUT2D eigenvalue weighted by Gasteiger charge is 2.14. The summed E-state index contributed by atoms with van der Waals surface area (Å²) in [5.74, 6) is 0.398. The highest BCUT2D eigenvalue weighted by molar-refractivity contribution is 6.33. The van der Waals surface area contributed by atoms with Crippen molar-refractivity contribution < 1.29 is 9.53 Å². The number of methoxy groups -OCH3 is 1. The lowest BCUT2D eigenvalue weighted by atomic mass is 10.1. The van der Waals surface area contributed by atoms with Gasteiger partial charge in [-0.1, -0.05) is 17.7 Å². The van der Waals surface area contributed by atoms with Crippen LogP contribution in [-0.2, 0) is 7.05 Å². The number of hydrogen-bond donors (Lipinski definition) is 1. The largest absolute Gasteiger partial charge is 0.494 e. The van der Waals surface area contributed by atoms with E-state index >= 15 is 0 Å². The molecular formula is C22H18ClN3O2. The van der Waals surface area contributed by atoms with Gasteiger partial charge in [-0.05, 0) is 48.5 Å². The van der Waals surface area contributed by atoms with Crippen LogP contribution in [-0.4, -0.2) is 22.6 Å². The summed E-state index contributed by atoms with van der Waals surface area (Å²) >= 11 is 6.44. The minimum absolute atomic E-state index is 0.225. The molecule has 0 bridgehead atoms. The van der Waals surface area contributed by atoms with Crippen molar-refractivity contribution in [3.05, 3.63) is 77.6 Å². The molecule has 28 heavy (non-hydrogen) atoms. The van der Waals surface area contributed by atoms with Crippen LogP contribution < -0.4 is 10.1 Å². The Morgan fingerprint density at radius 1 is 1.14 bits per heavy atom. The lowest BCUT2D eigenvalue weighted by molar-refractivity contribution is 0.102. The molecule has 0 aliphatic rings. The molecule has 140 valence electrons. The highest BCUT2D eigenvalue weighted by Crippen LogP contribution is 2.33. The summed E-state index contributed by atoms with van der Waals surface area (Å²) in [7, 11) is 3.57. The highest BCUT2D eigenvalue weighted by atomic mass is 35.5. The van der Waals surface area contributed by atoms with Crippen LogP contribution in [0, 0.1) is 0 Å². The van der Waals surface area contributed by atoms with Crippen LogP contribution in [0.25, 0.3) is 22.2 Å².